The normalized spacial score (nSPS) is 16.4. The van der Waals surface area contributed by atoms with Crippen LogP contribution in [0.5, 0.6) is 0 Å². The quantitative estimate of drug-likeness (QED) is 0.549. The number of fused-ring (bicyclic) bond motifs is 2. The van der Waals surface area contributed by atoms with Gasteiger partial charge in [0, 0.05) is 25.7 Å². The zero-order valence-electron chi connectivity index (χ0n) is 15.5. The van der Waals surface area contributed by atoms with Crippen LogP contribution in [0.25, 0.3) is 11.1 Å². The Morgan fingerprint density at radius 2 is 2.17 bits per heavy atom. The van der Waals surface area contributed by atoms with Gasteiger partial charge < -0.3 is 14.3 Å². The third-order valence-corrected chi connectivity index (χ3v) is 4.97. The first-order chi connectivity index (χ1) is 14.4. The van der Waals surface area contributed by atoms with Gasteiger partial charge in [-0.1, -0.05) is 6.07 Å². The molecule has 1 aromatic carbocycles. The molecule has 1 aliphatic heterocycles. The Hall–Kier alpha value is -3.70. The molecule has 0 saturated carbocycles. The smallest absolute Gasteiger partial charge is 0.299 e. The fourth-order valence-electron chi connectivity index (χ4n) is 3.61. The van der Waals surface area contributed by atoms with Gasteiger partial charge in [0.1, 0.15) is 5.52 Å². The van der Waals surface area contributed by atoms with E-state index in [1.54, 1.807) is 6.07 Å². The van der Waals surface area contributed by atoms with Crippen LogP contribution in [0.15, 0.2) is 28.9 Å². The minimum absolute atomic E-state index is 0.0406. The van der Waals surface area contributed by atoms with Gasteiger partial charge in [0.15, 0.2) is 17.4 Å². The van der Waals surface area contributed by atoms with Crippen LogP contribution in [0.3, 0.4) is 0 Å². The minimum atomic E-state index is -2.91. The van der Waals surface area contributed by atoms with Gasteiger partial charge >= 0.3 is 0 Å². The van der Waals surface area contributed by atoms with Crippen LogP contribution < -0.4 is 0 Å². The number of nitrogens with zero attached hydrogens (tertiary/aromatic N) is 6. The van der Waals surface area contributed by atoms with E-state index < -0.39 is 30.0 Å². The Labute approximate surface area is 166 Å². The number of rotatable bonds is 3. The molecule has 4 aromatic rings. The van der Waals surface area contributed by atoms with E-state index in [-0.39, 0.29) is 23.8 Å². The first-order valence-corrected chi connectivity index (χ1v) is 9.01. The number of benzene rings is 1. The number of amides is 1. The summed E-state index contributed by atoms with van der Waals surface area (Å²) in [5.41, 5.74) is 1.51. The highest BCUT2D eigenvalue weighted by atomic mass is 19.3. The number of halogens is 3. The van der Waals surface area contributed by atoms with Crippen LogP contribution in [-0.4, -0.2) is 47.1 Å². The van der Waals surface area contributed by atoms with Gasteiger partial charge in [-0.25, -0.2) is 32.8 Å². The molecule has 1 aliphatic rings. The molecule has 1 atom stereocenters. The van der Waals surface area contributed by atoms with Crippen LogP contribution in [0.2, 0.25) is 0 Å². The van der Waals surface area contributed by atoms with Crippen molar-refractivity contribution in [1.29, 1.82) is 0 Å². The zero-order valence-corrected chi connectivity index (χ0v) is 15.5. The van der Waals surface area contributed by atoms with Crippen molar-refractivity contribution in [3.63, 3.8) is 0 Å². The predicted octanol–water partition coefficient (Wildman–Crippen LogP) is 2.54. The first-order valence-electron chi connectivity index (χ1n) is 9.01. The van der Waals surface area contributed by atoms with Gasteiger partial charge in [-0.05, 0) is 12.1 Å². The van der Waals surface area contributed by atoms with Gasteiger partial charge in [-0.3, -0.25) is 4.79 Å². The Kier molecular flexibility index (Phi) is 4.08. The molecule has 0 spiro atoms. The van der Waals surface area contributed by atoms with Crippen molar-refractivity contribution in [1.82, 2.24) is 34.6 Å². The zero-order chi connectivity index (χ0) is 21.0. The molecule has 9 nitrogen and oxygen atoms in total. The second-order valence-corrected chi connectivity index (χ2v) is 6.78. The minimum Gasteiger partial charge on any atom is -0.435 e. The average molecular weight is 417 g/mol. The fraction of sp³-hybridized carbons (Fsp3) is 0.278. The van der Waals surface area contributed by atoms with Crippen LogP contribution in [0.4, 0.5) is 13.2 Å². The summed E-state index contributed by atoms with van der Waals surface area (Å²) in [5, 5.41) is 3.60. The number of imidazole rings is 1. The number of hydrogen-bond acceptors (Lipinski definition) is 6. The Morgan fingerprint density at radius 1 is 1.33 bits per heavy atom. The second kappa shape index (κ2) is 6.68. The summed E-state index contributed by atoms with van der Waals surface area (Å²) in [6.07, 6.45) is -0.981. The van der Waals surface area contributed by atoms with Crippen molar-refractivity contribution in [3.8, 4) is 0 Å². The predicted molar refractivity (Wildman–Crippen MR) is 95.1 cm³/mol. The molecule has 0 fully saturated rings. The summed E-state index contributed by atoms with van der Waals surface area (Å²) < 4.78 is 46.8. The largest absolute Gasteiger partial charge is 0.435 e. The summed E-state index contributed by atoms with van der Waals surface area (Å²) in [6, 6.07) is 3.45. The summed E-state index contributed by atoms with van der Waals surface area (Å²) in [6.45, 7) is 0.219. The van der Waals surface area contributed by atoms with E-state index in [4.69, 9.17) is 4.42 Å². The molecule has 0 aliphatic carbocycles. The SMILES string of the molecule is Cn1nc(C(F)F)nc1C(=O)N1CCc2[nH]cnc2[C@H]1c1nc2cccc(F)c2o1. The maximum Gasteiger partial charge on any atom is 0.299 e. The molecular formula is C18H14F3N7O2. The number of H-pyrrole nitrogens is 1. The van der Waals surface area contributed by atoms with E-state index in [0.717, 1.165) is 10.4 Å². The summed E-state index contributed by atoms with van der Waals surface area (Å²) >= 11 is 0. The highest BCUT2D eigenvalue weighted by molar-refractivity contribution is 5.91. The van der Waals surface area contributed by atoms with Gasteiger partial charge in [0.2, 0.25) is 17.5 Å². The number of aromatic amines is 1. The number of carbonyl (C=O) groups excluding carboxylic acids is 1. The van der Waals surface area contributed by atoms with Gasteiger partial charge in [-0.2, -0.15) is 0 Å². The fourth-order valence-corrected chi connectivity index (χ4v) is 3.61. The molecule has 4 heterocycles. The van der Waals surface area contributed by atoms with Gasteiger partial charge in [0.25, 0.3) is 12.3 Å². The summed E-state index contributed by atoms with van der Waals surface area (Å²) in [4.78, 5) is 29.9. The topological polar surface area (TPSA) is 106 Å². The number of aromatic nitrogens is 6. The molecule has 12 heteroatoms. The van der Waals surface area contributed by atoms with Crippen molar-refractivity contribution in [2.45, 2.75) is 18.9 Å². The number of hydrogen-bond donors (Lipinski definition) is 1. The summed E-state index contributed by atoms with van der Waals surface area (Å²) in [5.74, 6) is -2.15. The molecule has 0 radical (unpaired) electrons. The van der Waals surface area contributed by atoms with Crippen molar-refractivity contribution in [2.75, 3.05) is 6.54 Å². The lowest BCUT2D eigenvalue weighted by Crippen LogP contribution is -2.42. The van der Waals surface area contributed by atoms with Crippen LogP contribution in [0.1, 0.15) is 46.2 Å². The highest BCUT2D eigenvalue weighted by Gasteiger charge is 2.39. The molecule has 1 N–H and O–H groups in total. The van der Waals surface area contributed by atoms with Crippen LogP contribution >= 0.6 is 0 Å². The van der Waals surface area contributed by atoms with Crippen molar-refractivity contribution >= 4 is 17.0 Å². The lowest BCUT2D eigenvalue weighted by Gasteiger charge is -2.32. The first kappa shape index (κ1) is 18.3. The van der Waals surface area contributed by atoms with Crippen molar-refractivity contribution in [2.24, 2.45) is 7.05 Å². The molecule has 30 heavy (non-hydrogen) atoms. The average Bonchev–Trinajstić information content (AvgIpc) is 3.44. The molecule has 0 bridgehead atoms. The molecule has 154 valence electrons. The molecule has 3 aromatic heterocycles. The lowest BCUT2D eigenvalue weighted by atomic mass is 10.0. The third-order valence-electron chi connectivity index (χ3n) is 4.97. The van der Waals surface area contributed by atoms with E-state index >= 15 is 0 Å². The standard InChI is InChI=1S/C18H14F3N7O2/c1-27-16(25-15(26-27)14(20)21)18(29)28-6-5-9-11(23-7-22-9)12(28)17-24-10-4-2-3-8(19)13(10)30-17/h2-4,7,12,14H,5-6H2,1H3,(H,22,23)/t12-/m0/s1. The molecule has 5 rings (SSSR count). The van der Waals surface area contributed by atoms with Crippen LogP contribution in [0, 0.1) is 5.82 Å². The number of para-hydroxylation sites is 1. The van der Waals surface area contributed by atoms with Crippen LogP contribution in [-0.2, 0) is 13.5 Å². The van der Waals surface area contributed by atoms with E-state index in [9.17, 15) is 18.0 Å². The van der Waals surface area contributed by atoms with E-state index in [1.165, 1.54) is 30.4 Å². The van der Waals surface area contributed by atoms with Crippen molar-refractivity contribution in [3.05, 3.63) is 59.3 Å². The van der Waals surface area contributed by atoms with E-state index in [1.807, 2.05) is 0 Å². The number of alkyl halides is 2. The Morgan fingerprint density at radius 3 is 2.90 bits per heavy atom. The third kappa shape index (κ3) is 2.75. The molecular weight excluding hydrogens is 403 g/mol. The summed E-state index contributed by atoms with van der Waals surface area (Å²) in [7, 11) is 1.36. The van der Waals surface area contributed by atoms with Gasteiger partial charge in [0.05, 0.1) is 12.0 Å². The number of carbonyl (C=O) groups is 1. The van der Waals surface area contributed by atoms with Gasteiger partial charge in [-0.15, -0.1) is 5.10 Å². The van der Waals surface area contributed by atoms with Crippen molar-refractivity contribution < 1.29 is 22.4 Å². The number of aryl methyl sites for hydroxylation is 1. The highest BCUT2D eigenvalue weighted by Crippen LogP contribution is 2.35. The number of nitrogens with one attached hydrogen (secondary N) is 1. The lowest BCUT2D eigenvalue weighted by molar-refractivity contribution is 0.0649. The number of oxazole rings is 1. The Balaban J connectivity index is 1.62. The molecule has 0 saturated heterocycles. The van der Waals surface area contributed by atoms with E-state index in [0.29, 0.717) is 17.6 Å². The molecule has 1 amide bonds. The maximum absolute atomic E-state index is 14.1. The Bertz CT molecular complexity index is 1260. The van der Waals surface area contributed by atoms with E-state index in [2.05, 4.69) is 25.0 Å². The molecule has 0 unspecified atom stereocenters. The monoisotopic (exact) mass is 417 g/mol. The second-order valence-electron chi connectivity index (χ2n) is 6.78. The maximum atomic E-state index is 14.1.